The van der Waals surface area contributed by atoms with Crippen molar-refractivity contribution in [1.29, 1.82) is 0 Å². The number of carbonyl (C=O) groups excluding carboxylic acids is 1. The molecular weight excluding hydrogens is 256 g/mol. The molecule has 5 nitrogen and oxygen atoms in total. The van der Waals surface area contributed by atoms with Crippen LogP contribution in [0.5, 0.6) is 0 Å². The molecule has 0 aromatic heterocycles. The van der Waals surface area contributed by atoms with E-state index >= 15 is 0 Å². The minimum atomic E-state index is -0.346. The number of rotatable bonds is 9. The Hall–Kier alpha value is -0.360. The van der Waals surface area contributed by atoms with Gasteiger partial charge in [-0.15, -0.1) is 12.4 Å². The van der Waals surface area contributed by atoms with Crippen LogP contribution in [0.4, 0.5) is 0 Å². The Morgan fingerprint density at radius 3 is 2.56 bits per heavy atom. The van der Waals surface area contributed by atoms with Gasteiger partial charge in [0, 0.05) is 20.2 Å². The molecule has 0 saturated carbocycles. The maximum atomic E-state index is 11.5. The summed E-state index contributed by atoms with van der Waals surface area (Å²) in [5, 5.41) is 15.1. The Balaban J connectivity index is 0. The van der Waals surface area contributed by atoms with Crippen molar-refractivity contribution in [3.05, 3.63) is 0 Å². The topological polar surface area (TPSA) is 70.6 Å². The lowest BCUT2D eigenvalue weighted by Gasteiger charge is -2.26. The predicted molar refractivity (Wildman–Crippen MR) is 75.1 cm³/mol. The summed E-state index contributed by atoms with van der Waals surface area (Å²) in [5.41, 5.74) is -0.0869. The number of amides is 1. The fourth-order valence-electron chi connectivity index (χ4n) is 1.65. The van der Waals surface area contributed by atoms with Crippen LogP contribution in [-0.2, 0) is 9.53 Å². The monoisotopic (exact) mass is 282 g/mol. The second kappa shape index (κ2) is 10.6. The molecule has 0 bridgehead atoms. The second-order valence-electron chi connectivity index (χ2n) is 5.16. The van der Waals surface area contributed by atoms with Crippen LogP contribution in [0.25, 0.3) is 0 Å². The van der Waals surface area contributed by atoms with E-state index in [-0.39, 0.29) is 29.8 Å². The molecule has 1 atom stereocenters. The third-order valence-electron chi connectivity index (χ3n) is 2.38. The Kier molecular flexibility index (Phi) is 11.7. The van der Waals surface area contributed by atoms with Gasteiger partial charge in [0.25, 0.3) is 0 Å². The maximum Gasteiger partial charge on any atom is 0.233 e. The number of ether oxygens (including phenoxy) is 1. The highest BCUT2D eigenvalue weighted by atomic mass is 35.5. The van der Waals surface area contributed by atoms with E-state index in [0.717, 1.165) is 0 Å². The lowest BCUT2D eigenvalue weighted by Crippen LogP contribution is -2.40. The smallest absolute Gasteiger partial charge is 0.233 e. The van der Waals surface area contributed by atoms with E-state index in [4.69, 9.17) is 4.74 Å². The van der Waals surface area contributed by atoms with Crippen LogP contribution in [0.2, 0.25) is 0 Å². The first-order valence-corrected chi connectivity index (χ1v) is 6.02. The molecule has 0 spiro atoms. The molecule has 0 saturated heterocycles. The quantitative estimate of drug-likeness (QED) is 0.541. The van der Waals surface area contributed by atoms with Crippen molar-refractivity contribution in [2.24, 2.45) is 5.41 Å². The fraction of sp³-hybridized carbons (Fsp3) is 0.917. The highest BCUT2D eigenvalue weighted by Gasteiger charge is 2.20. The first-order valence-electron chi connectivity index (χ1n) is 6.02. The van der Waals surface area contributed by atoms with Crippen molar-refractivity contribution >= 4 is 18.3 Å². The summed E-state index contributed by atoms with van der Waals surface area (Å²) in [5.74, 6) is -0.0280. The highest BCUT2D eigenvalue weighted by molar-refractivity contribution is 5.85. The lowest BCUT2D eigenvalue weighted by atomic mass is 9.87. The van der Waals surface area contributed by atoms with Crippen molar-refractivity contribution in [1.82, 2.24) is 10.6 Å². The van der Waals surface area contributed by atoms with Crippen LogP contribution in [-0.4, -0.2) is 50.5 Å². The van der Waals surface area contributed by atoms with Gasteiger partial charge in [-0.05, 0) is 18.8 Å². The number of halogens is 1. The SMILES string of the molecule is COCCNCC(=O)NCC(C)(C)CC(C)O.Cl. The van der Waals surface area contributed by atoms with Crippen molar-refractivity contribution in [3.8, 4) is 0 Å². The van der Waals surface area contributed by atoms with Gasteiger partial charge in [-0.1, -0.05) is 13.8 Å². The average molecular weight is 283 g/mol. The van der Waals surface area contributed by atoms with Crippen LogP contribution < -0.4 is 10.6 Å². The molecule has 1 amide bonds. The molecule has 0 aromatic carbocycles. The zero-order valence-electron chi connectivity index (χ0n) is 11.8. The van der Waals surface area contributed by atoms with Gasteiger partial charge in [0.15, 0.2) is 0 Å². The number of carbonyl (C=O) groups is 1. The molecule has 0 fully saturated rings. The van der Waals surface area contributed by atoms with Crippen LogP contribution in [0.3, 0.4) is 0 Å². The van der Waals surface area contributed by atoms with Crippen LogP contribution in [0.1, 0.15) is 27.2 Å². The number of nitrogens with one attached hydrogen (secondary N) is 2. The lowest BCUT2D eigenvalue weighted by molar-refractivity contribution is -0.120. The number of aliphatic hydroxyl groups is 1. The summed E-state index contributed by atoms with van der Waals surface area (Å²) >= 11 is 0. The molecule has 0 aliphatic carbocycles. The van der Waals surface area contributed by atoms with E-state index in [1.165, 1.54) is 0 Å². The second-order valence-corrected chi connectivity index (χ2v) is 5.16. The molecule has 18 heavy (non-hydrogen) atoms. The van der Waals surface area contributed by atoms with Gasteiger partial charge in [0.1, 0.15) is 0 Å². The standard InChI is InChI=1S/C12H26N2O3.ClH/c1-10(15)7-12(2,3)9-14-11(16)8-13-5-6-17-4;/h10,13,15H,5-9H2,1-4H3,(H,14,16);1H. The fourth-order valence-corrected chi connectivity index (χ4v) is 1.65. The first-order chi connectivity index (χ1) is 7.87. The highest BCUT2D eigenvalue weighted by Crippen LogP contribution is 2.20. The number of methoxy groups -OCH3 is 1. The van der Waals surface area contributed by atoms with Gasteiger partial charge in [-0.3, -0.25) is 4.79 Å². The molecule has 1 unspecified atom stereocenters. The van der Waals surface area contributed by atoms with Crippen molar-refractivity contribution in [2.75, 3.05) is 33.4 Å². The van der Waals surface area contributed by atoms with E-state index in [0.29, 0.717) is 32.7 Å². The summed E-state index contributed by atoms with van der Waals surface area (Å²) in [6.45, 7) is 7.95. The van der Waals surface area contributed by atoms with E-state index < -0.39 is 0 Å². The van der Waals surface area contributed by atoms with E-state index in [9.17, 15) is 9.90 Å². The van der Waals surface area contributed by atoms with Gasteiger partial charge in [0.2, 0.25) is 5.91 Å². The maximum absolute atomic E-state index is 11.5. The van der Waals surface area contributed by atoms with Crippen LogP contribution >= 0.6 is 12.4 Å². The zero-order valence-corrected chi connectivity index (χ0v) is 12.6. The van der Waals surface area contributed by atoms with Gasteiger partial charge in [-0.25, -0.2) is 0 Å². The largest absolute Gasteiger partial charge is 0.393 e. The molecule has 110 valence electrons. The summed E-state index contributed by atoms with van der Waals surface area (Å²) < 4.78 is 4.86. The average Bonchev–Trinajstić information content (AvgIpc) is 2.20. The summed E-state index contributed by atoms with van der Waals surface area (Å²) in [7, 11) is 1.63. The van der Waals surface area contributed by atoms with Crippen molar-refractivity contribution in [2.45, 2.75) is 33.3 Å². The molecule has 0 heterocycles. The molecule has 6 heteroatoms. The summed E-state index contributed by atoms with van der Waals surface area (Å²) in [6, 6.07) is 0. The summed E-state index contributed by atoms with van der Waals surface area (Å²) in [6.07, 6.45) is 0.325. The molecule has 0 radical (unpaired) electrons. The van der Waals surface area contributed by atoms with E-state index in [1.807, 2.05) is 13.8 Å². The van der Waals surface area contributed by atoms with Gasteiger partial charge < -0.3 is 20.5 Å². The molecule has 0 rings (SSSR count). The number of hydrogen-bond acceptors (Lipinski definition) is 4. The normalized spacial score (nSPS) is 12.7. The number of aliphatic hydroxyl groups excluding tert-OH is 1. The molecule has 0 aromatic rings. The van der Waals surface area contributed by atoms with Gasteiger partial charge in [-0.2, -0.15) is 0 Å². The minimum Gasteiger partial charge on any atom is -0.393 e. The predicted octanol–water partition coefficient (Wildman–Crippen LogP) is 0.557. The molecule has 3 N–H and O–H groups in total. The molecule has 0 aliphatic heterocycles. The van der Waals surface area contributed by atoms with E-state index in [2.05, 4.69) is 10.6 Å². The first kappa shape index (κ1) is 20.0. The van der Waals surface area contributed by atoms with Crippen molar-refractivity contribution in [3.63, 3.8) is 0 Å². The Bertz CT molecular complexity index is 223. The minimum absolute atomic E-state index is 0. The third kappa shape index (κ3) is 12.1. The van der Waals surface area contributed by atoms with Gasteiger partial charge >= 0.3 is 0 Å². The van der Waals surface area contributed by atoms with Crippen molar-refractivity contribution < 1.29 is 14.6 Å². The molecule has 0 aliphatic rings. The summed E-state index contributed by atoms with van der Waals surface area (Å²) in [4.78, 5) is 11.5. The van der Waals surface area contributed by atoms with Crippen LogP contribution in [0.15, 0.2) is 0 Å². The Labute approximate surface area is 116 Å². The van der Waals surface area contributed by atoms with Crippen LogP contribution in [0, 0.1) is 5.41 Å². The van der Waals surface area contributed by atoms with Gasteiger partial charge in [0.05, 0.1) is 19.3 Å². The van der Waals surface area contributed by atoms with E-state index in [1.54, 1.807) is 14.0 Å². The molecular formula is C12H27ClN2O3. The third-order valence-corrected chi connectivity index (χ3v) is 2.38. The Morgan fingerprint density at radius 2 is 2.06 bits per heavy atom. The number of hydrogen-bond donors (Lipinski definition) is 3. The Morgan fingerprint density at radius 1 is 1.44 bits per heavy atom. The zero-order chi connectivity index (χ0) is 13.3.